The Morgan fingerprint density at radius 3 is 2.40 bits per heavy atom. The Kier molecular flexibility index (Phi) is 2.62. The Morgan fingerprint density at radius 2 is 1.90 bits per heavy atom. The highest BCUT2D eigenvalue weighted by Gasteiger charge is 2.04. The highest BCUT2D eigenvalue weighted by Crippen LogP contribution is 1.83. The maximum Gasteiger partial charge on any atom is 0.282 e. The molecule has 10 heavy (non-hydrogen) atoms. The van der Waals surface area contributed by atoms with Crippen LogP contribution in [0.4, 0.5) is 0 Å². The molecule has 2 N–H and O–H groups in total. The van der Waals surface area contributed by atoms with Crippen LogP contribution in [0.25, 0.3) is 0 Å². The lowest BCUT2D eigenvalue weighted by Crippen LogP contribution is -2.41. The van der Waals surface area contributed by atoms with Gasteiger partial charge in [-0.05, 0) is 5.19 Å². The van der Waals surface area contributed by atoms with Crippen molar-refractivity contribution in [3.05, 3.63) is 30.3 Å². The van der Waals surface area contributed by atoms with Crippen LogP contribution < -0.4 is 10.6 Å². The zero-order valence-electron chi connectivity index (χ0n) is 5.95. The Balaban J connectivity index is 2.75. The molecule has 0 radical (unpaired) electrons. The molecule has 0 bridgehead atoms. The molecule has 1 aromatic rings. The molecule has 1 rings (SSSR count). The Morgan fingerprint density at radius 1 is 1.30 bits per heavy atom. The van der Waals surface area contributed by atoms with Gasteiger partial charge in [-0.25, -0.2) is 0 Å². The summed E-state index contributed by atoms with van der Waals surface area (Å²) < 4.78 is 5.05. The number of benzene rings is 1. The molecule has 0 fully saturated rings. The second-order valence-electron chi connectivity index (χ2n) is 2.07. The SMILES string of the molecule is CO[SiH](N)c1ccccc1. The summed E-state index contributed by atoms with van der Waals surface area (Å²) in [6.07, 6.45) is 0. The van der Waals surface area contributed by atoms with Crippen LogP contribution in [0, 0.1) is 0 Å². The maximum absolute atomic E-state index is 5.71. The molecule has 0 heterocycles. The summed E-state index contributed by atoms with van der Waals surface area (Å²) in [5.41, 5.74) is 0. The third kappa shape index (κ3) is 1.67. The third-order valence-electron chi connectivity index (χ3n) is 1.38. The van der Waals surface area contributed by atoms with E-state index in [-0.39, 0.29) is 0 Å². The van der Waals surface area contributed by atoms with E-state index in [9.17, 15) is 0 Å². The van der Waals surface area contributed by atoms with Gasteiger partial charge in [-0.1, -0.05) is 30.3 Å². The van der Waals surface area contributed by atoms with Crippen LogP contribution in [0.2, 0.25) is 0 Å². The Labute approximate surface area is 62.4 Å². The van der Waals surface area contributed by atoms with Crippen LogP contribution in [0.3, 0.4) is 0 Å². The van der Waals surface area contributed by atoms with Gasteiger partial charge in [0, 0.05) is 7.11 Å². The van der Waals surface area contributed by atoms with Crippen molar-refractivity contribution >= 4 is 14.4 Å². The minimum Gasteiger partial charge on any atom is -0.405 e. The highest BCUT2D eigenvalue weighted by atomic mass is 28.3. The zero-order valence-corrected chi connectivity index (χ0v) is 7.10. The summed E-state index contributed by atoms with van der Waals surface area (Å²) in [6, 6.07) is 9.92. The van der Waals surface area contributed by atoms with Crippen molar-refractivity contribution in [2.75, 3.05) is 7.11 Å². The fraction of sp³-hybridized carbons (Fsp3) is 0.143. The molecule has 0 amide bonds. The van der Waals surface area contributed by atoms with Crippen LogP contribution >= 0.6 is 0 Å². The van der Waals surface area contributed by atoms with E-state index in [0.29, 0.717) is 0 Å². The quantitative estimate of drug-likeness (QED) is 0.593. The van der Waals surface area contributed by atoms with Crippen LogP contribution in [0.15, 0.2) is 30.3 Å². The molecular formula is C7H11NOSi. The van der Waals surface area contributed by atoms with Crippen LogP contribution in [0.5, 0.6) is 0 Å². The molecule has 0 aromatic heterocycles. The van der Waals surface area contributed by atoms with E-state index in [2.05, 4.69) is 0 Å². The second-order valence-corrected chi connectivity index (χ2v) is 4.05. The van der Waals surface area contributed by atoms with Gasteiger partial charge < -0.3 is 9.83 Å². The van der Waals surface area contributed by atoms with Gasteiger partial charge in [-0.3, -0.25) is 0 Å². The summed E-state index contributed by atoms with van der Waals surface area (Å²) in [6.45, 7) is 0. The first-order valence-electron chi connectivity index (χ1n) is 3.18. The topological polar surface area (TPSA) is 35.2 Å². The third-order valence-corrected chi connectivity index (χ3v) is 2.93. The summed E-state index contributed by atoms with van der Waals surface area (Å²) in [5.74, 6) is 0. The van der Waals surface area contributed by atoms with Crippen LogP contribution in [0.1, 0.15) is 0 Å². The average Bonchev–Trinajstić information content (AvgIpc) is 2.05. The van der Waals surface area contributed by atoms with Crippen molar-refractivity contribution in [2.24, 2.45) is 5.40 Å². The first-order chi connectivity index (χ1) is 4.84. The van der Waals surface area contributed by atoms with Gasteiger partial charge >= 0.3 is 0 Å². The first kappa shape index (κ1) is 7.46. The van der Waals surface area contributed by atoms with E-state index < -0.39 is 9.20 Å². The predicted molar refractivity (Wildman–Crippen MR) is 44.4 cm³/mol. The summed E-state index contributed by atoms with van der Waals surface area (Å²) in [5, 5.41) is 6.85. The fourth-order valence-corrected chi connectivity index (χ4v) is 1.65. The maximum atomic E-state index is 5.71. The first-order valence-corrected chi connectivity index (χ1v) is 4.89. The molecule has 1 unspecified atom stereocenters. The molecule has 1 aromatic carbocycles. The van der Waals surface area contributed by atoms with Crippen molar-refractivity contribution in [3.8, 4) is 0 Å². The monoisotopic (exact) mass is 153 g/mol. The number of rotatable bonds is 2. The molecule has 0 aliphatic carbocycles. The lowest BCUT2D eigenvalue weighted by molar-refractivity contribution is 0.430. The summed E-state index contributed by atoms with van der Waals surface area (Å²) in [7, 11) is 0.117. The van der Waals surface area contributed by atoms with E-state index in [1.54, 1.807) is 7.11 Å². The van der Waals surface area contributed by atoms with Gasteiger partial charge in [-0.15, -0.1) is 0 Å². The highest BCUT2D eigenvalue weighted by molar-refractivity contribution is 6.64. The van der Waals surface area contributed by atoms with Gasteiger partial charge in [0.1, 0.15) is 0 Å². The van der Waals surface area contributed by atoms with Crippen molar-refractivity contribution in [3.63, 3.8) is 0 Å². The van der Waals surface area contributed by atoms with Gasteiger partial charge in [0.2, 0.25) is 0 Å². The van der Waals surface area contributed by atoms with Crippen molar-refractivity contribution in [2.45, 2.75) is 0 Å². The summed E-state index contributed by atoms with van der Waals surface area (Å²) in [4.78, 5) is 0. The molecule has 3 heteroatoms. The largest absolute Gasteiger partial charge is 0.405 e. The fourth-order valence-electron chi connectivity index (χ4n) is 0.779. The molecule has 0 aliphatic heterocycles. The van der Waals surface area contributed by atoms with Gasteiger partial charge in [0.15, 0.2) is 0 Å². The molecule has 0 spiro atoms. The van der Waals surface area contributed by atoms with Gasteiger partial charge in [-0.2, -0.15) is 0 Å². The van der Waals surface area contributed by atoms with Crippen molar-refractivity contribution in [1.82, 2.24) is 0 Å². The predicted octanol–water partition coefficient (Wildman–Crippen LogP) is -0.281. The van der Waals surface area contributed by atoms with Gasteiger partial charge in [0.25, 0.3) is 9.20 Å². The molecular weight excluding hydrogens is 142 g/mol. The van der Waals surface area contributed by atoms with E-state index in [1.807, 2.05) is 30.3 Å². The molecule has 0 aliphatic rings. The minimum atomic E-state index is -1.54. The molecule has 54 valence electrons. The lowest BCUT2D eigenvalue weighted by atomic mass is 10.4. The standard InChI is InChI=1S/C7H11NOSi/c1-9-10(8)7-5-3-2-4-6-7/h2-6,10H,8H2,1H3. The molecule has 1 atom stereocenters. The summed E-state index contributed by atoms with van der Waals surface area (Å²) >= 11 is 0. The zero-order chi connectivity index (χ0) is 7.40. The van der Waals surface area contributed by atoms with Gasteiger partial charge in [0.05, 0.1) is 0 Å². The molecule has 0 saturated heterocycles. The minimum absolute atomic E-state index is 1.14. The lowest BCUT2D eigenvalue weighted by Gasteiger charge is -2.05. The van der Waals surface area contributed by atoms with Crippen LogP contribution in [-0.4, -0.2) is 16.3 Å². The Bertz CT molecular complexity index is 190. The number of hydrogen-bond donors (Lipinski definition) is 1. The van der Waals surface area contributed by atoms with Crippen molar-refractivity contribution < 1.29 is 4.43 Å². The average molecular weight is 153 g/mol. The van der Waals surface area contributed by atoms with E-state index in [1.165, 1.54) is 0 Å². The number of hydrogen-bond acceptors (Lipinski definition) is 2. The Hall–Kier alpha value is -0.643. The smallest absolute Gasteiger partial charge is 0.282 e. The second kappa shape index (κ2) is 3.51. The van der Waals surface area contributed by atoms with E-state index in [0.717, 1.165) is 5.19 Å². The van der Waals surface area contributed by atoms with E-state index in [4.69, 9.17) is 9.83 Å². The van der Waals surface area contributed by atoms with Crippen LogP contribution in [-0.2, 0) is 4.43 Å². The van der Waals surface area contributed by atoms with Crippen molar-refractivity contribution in [1.29, 1.82) is 0 Å². The normalized spacial score (nSPS) is 13.0. The molecule has 2 nitrogen and oxygen atoms in total. The molecule has 0 saturated carbocycles. The van der Waals surface area contributed by atoms with E-state index >= 15 is 0 Å². The number of nitrogens with two attached hydrogens (primary N) is 1.